The van der Waals surface area contributed by atoms with Gasteiger partial charge in [0.1, 0.15) is 17.0 Å². The molecule has 0 aliphatic carbocycles. The van der Waals surface area contributed by atoms with Crippen LogP contribution < -0.4 is 4.73 Å². The van der Waals surface area contributed by atoms with Crippen molar-refractivity contribution in [2.24, 2.45) is 0 Å². The van der Waals surface area contributed by atoms with Crippen LogP contribution in [0.25, 0.3) is 22.1 Å². The highest BCUT2D eigenvalue weighted by atomic mass is 16.5. The van der Waals surface area contributed by atoms with E-state index in [1.54, 1.807) is 18.2 Å². The lowest BCUT2D eigenvalue weighted by Crippen LogP contribution is -2.25. The van der Waals surface area contributed by atoms with Crippen molar-refractivity contribution in [3.63, 3.8) is 0 Å². The Hall–Kier alpha value is -2.61. The van der Waals surface area contributed by atoms with Crippen molar-refractivity contribution in [2.45, 2.75) is 0 Å². The van der Waals surface area contributed by atoms with Crippen LogP contribution in [0.4, 0.5) is 0 Å². The summed E-state index contributed by atoms with van der Waals surface area (Å²) in [6, 6.07) is 6.87. The van der Waals surface area contributed by atoms with Crippen LogP contribution in [0.1, 0.15) is 5.69 Å². The summed E-state index contributed by atoms with van der Waals surface area (Å²) in [4.78, 5) is 3.92. The second-order valence-corrected chi connectivity index (χ2v) is 3.29. The fourth-order valence-electron chi connectivity index (χ4n) is 1.75. The molecule has 0 saturated heterocycles. The Balaban J connectivity index is 2.67. The van der Waals surface area contributed by atoms with Crippen LogP contribution >= 0.6 is 0 Å². The van der Waals surface area contributed by atoms with Crippen molar-refractivity contribution in [1.29, 1.82) is 5.26 Å². The van der Waals surface area contributed by atoms with E-state index in [1.807, 2.05) is 6.07 Å². The first-order valence-electron chi connectivity index (χ1n) is 4.61. The average Bonchev–Trinajstić information content (AvgIpc) is 2.68. The molecule has 5 nitrogen and oxygen atoms in total. The number of nitriles is 1. The van der Waals surface area contributed by atoms with Gasteiger partial charge in [0.05, 0.1) is 0 Å². The summed E-state index contributed by atoms with van der Waals surface area (Å²) >= 11 is 0. The Bertz CT molecular complexity index is 740. The van der Waals surface area contributed by atoms with Crippen LogP contribution in [-0.4, -0.2) is 4.98 Å². The molecule has 0 aromatic carbocycles. The Kier molecular flexibility index (Phi) is 1.59. The Morgan fingerprint density at radius 1 is 1.38 bits per heavy atom. The van der Waals surface area contributed by atoms with Crippen LogP contribution in [0.15, 0.2) is 35.0 Å². The molecule has 16 heavy (non-hydrogen) atoms. The van der Waals surface area contributed by atoms with Crippen molar-refractivity contribution < 1.29 is 9.15 Å². The molecule has 0 N–H and O–H groups in total. The zero-order valence-corrected chi connectivity index (χ0v) is 8.04. The van der Waals surface area contributed by atoms with E-state index in [0.29, 0.717) is 26.8 Å². The second-order valence-electron chi connectivity index (χ2n) is 3.29. The normalized spacial score (nSPS) is 10.7. The fourth-order valence-corrected chi connectivity index (χ4v) is 1.75. The van der Waals surface area contributed by atoms with E-state index in [0.717, 1.165) is 0 Å². The summed E-state index contributed by atoms with van der Waals surface area (Å²) in [7, 11) is 0. The van der Waals surface area contributed by atoms with Gasteiger partial charge in [-0.2, -0.15) is 9.99 Å². The van der Waals surface area contributed by atoms with E-state index >= 15 is 0 Å². The molecule has 0 aliphatic rings. The van der Waals surface area contributed by atoms with Gasteiger partial charge in [0.15, 0.2) is 11.9 Å². The van der Waals surface area contributed by atoms with Gasteiger partial charge in [0.25, 0.3) is 5.52 Å². The van der Waals surface area contributed by atoms with E-state index in [9.17, 15) is 5.21 Å². The highest BCUT2D eigenvalue weighted by Gasteiger charge is 2.18. The monoisotopic (exact) mass is 211 g/mol. The number of fused-ring (bicyclic) bond motifs is 3. The maximum Gasteiger partial charge on any atom is 0.273 e. The number of pyridine rings is 2. The summed E-state index contributed by atoms with van der Waals surface area (Å²) in [6.45, 7) is 0. The summed E-state index contributed by atoms with van der Waals surface area (Å²) < 4.78 is 6.15. The number of hydrogen-bond acceptors (Lipinski definition) is 4. The van der Waals surface area contributed by atoms with E-state index < -0.39 is 0 Å². The average molecular weight is 211 g/mol. The third-order valence-electron chi connectivity index (χ3n) is 2.40. The largest absolute Gasteiger partial charge is 0.618 e. The molecule has 5 heteroatoms. The number of aromatic nitrogens is 2. The Labute approximate surface area is 89.7 Å². The quantitative estimate of drug-likeness (QED) is 0.417. The summed E-state index contributed by atoms with van der Waals surface area (Å²) in [6.07, 6.45) is 2.85. The lowest BCUT2D eigenvalue weighted by molar-refractivity contribution is -0.576. The van der Waals surface area contributed by atoms with Crippen molar-refractivity contribution in [1.82, 2.24) is 4.98 Å². The molecule has 0 bridgehead atoms. The van der Waals surface area contributed by atoms with Crippen molar-refractivity contribution in [2.75, 3.05) is 0 Å². The summed E-state index contributed by atoms with van der Waals surface area (Å²) in [5, 5.41) is 21.0. The Morgan fingerprint density at radius 3 is 3.06 bits per heavy atom. The molecule has 0 spiro atoms. The molecule has 0 radical (unpaired) electrons. The SMILES string of the molecule is N#Cc1nccc2oc3ccc[n+]([O-])c3c12. The molecule has 0 fully saturated rings. The topological polar surface area (TPSA) is 76.8 Å². The highest BCUT2D eigenvalue weighted by Crippen LogP contribution is 2.27. The number of furan rings is 1. The number of rotatable bonds is 0. The first-order valence-corrected chi connectivity index (χ1v) is 4.61. The van der Waals surface area contributed by atoms with Crippen molar-refractivity contribution in [3.8, 4) is 6.07 Å². The smallest absolute Gasteiger partial charge is 0.273 e. The molecular formula is C11H5N3O2. The fraction of sp³-hybridized carbons (Fsp3) is 0. The minimum absolute atomic E-state index is 0.201. The van der Waals surface area contributed by atoms with Gasteiger partial charge in [0, 0.05) is 18.3 Å². The first-order chi connectivity index (χ1) is 7.81. The Morgan fingerprint density at radius 2 is 2.25 bits per heavy atom. The number of nitrogens with zero attached hydrogens (tertiary/aromatic N) is 3. The third-order valence-corrected chi connectivity index (χ3v) is 2.40. The second kappa shape index (κ2) is 2.94. The number of hydrogen-bond donors (Lipinski definition) is 0. The van der Waals surface area contributed by atoms with E-state index in [2.05, 4.69) is 4.98 Å². The van der Waals surface area contributed by atoms with Crippen molar-refractivity contribution in [3.05, 3.63) is 41.5 Å². The highest BCUT2D eigenvalue weighted by molar-refractivity contribution is 6.02. The summed E-state index contributed by atoms with van der Waals surface area (Å²) in [5.74, 6) is 0. The van der Waals surface area contributed by atoms with Gasteiger partial charge in [-0.1, -0.05) is 0 Å². The van der Waals surface area contributed by atoms with Gasteiger partial charge in [0.2, 0.25) is 5.58 Å². The van der Waals surface area contributed by atoms with Crippen molar-refractivity contribution >= 4 is 22.1 Å². The molecule has 0 amide bonds. The lowest BCUT2D eigenvalue weighted by Gasteiger charge is -1.95. The molecule has 3 aromatic heterocycles. The molecule has 0 saturated carbocycles. The molecule has 3 rings (SSSR count). The van der Waals surface area contributed by atoms with E-state index in [4.69, 9.17) is 9.68 Å². The van der Waals surface area contributed by atoms with Crippen LogP contribution in [0.3, 0.4) is 0 Å². The lowest BCUT2D eigenvalue weighted by atomic mass is 10.2. The third kappa shape index (κ3) is 0.982. The molecule has 76 valence electrons. The maximum atomic E-state index is 11.6. The minimum atomic E-state index is 0.201. The molecular weight excluding hydrogens is 206 g/mol. The van der Waals surface area contributed by atoms with E-state index in [1.165, 1.54) is 12.4 Å². The molecule has 3 heterocycles. The predicted octanol–water partition coefficient (Wildman–Crippen LogP) is 1.49. The van der Waals surface area contributed by atoms with Gasteiger partial charge in [-0.25, -0.2) is 4.98 Å². The predicted molar refractivity (Wildman–Crippen MR) is 55.2 cm³/mol. The minimum Gasteiger partial charge on any atom is -0.618 e. The molecule has 0 atom stereocenters. The van der Waals surface area contributed by atoms with Crippen LogP contribution in [0.5, 0.6) is 0 Å². The van der Waals surface area contributed by atoms with Crippen LogP contribution in [0, 0.1) is 16.5 Å². The van der Waals surface area contributed by atoms with Crippen LogP contribution in [-0.2, 0) is 0 Å². The zero-order chi connectivity index (χ0) is 11.1. The molecule has 3 aromatic rings. The molecule has 0 unspecified atom stereocenters. The van der Waals surface area contributed by atoms with Gasteiger partial charge < -0.3 is 9.62 Å². The van der Waals surface area contributed by atoms with Gasteiger partial charge in [-0.05, 0) is 6.07 Å². The van der Waals surface area contributed by atoms with Crippen LogP contribution in [0.2, 0.25) is 0 Å². The standard InChI is InChI=1S/C11H5N3O2/c12-6-7-10-8(3-4-13-7)16-9-2-1-5-14(15)11(9)10/h1-5H. The van der Waals surface area contributed by atoms with Gasteiger partial charge in [-0.3, -0.25) is 0 Å². The molecule has 0 aliphatic heterocycles. The summed E-state index contributed by atoms with van der Waals surface area (Å²) in [5.41, 5.74) is 1.50. The van der Waals surface area contributed by atoms with Gasteiger partial charge in [-0.15, -0.1) is 0 Å². The first kappa shape index (κ1) is 8.68. The maximum absolute atomic E-state index is 11.6. The van der Waals surface area contributed by atoms with Gasteiger partial charge >= 0.3 is 0 Å². The van der Waals surface area contributed by atoms with E-state index in [-0.39, 0.29) is 5.69 Å². The zero-order valence-electron chi connectivity index (χ0n) is 8.04.